The highest BCUT2D eigenvalue weighted by Gasteiger charge is 2.34. The largest absolute Gasteiger partial charge is 0.350 e. The zero-order valence-electron chi connectivity index (χ0n) is 13.5. The van der Waals surface area contributed by atoms with Crippen LogP contribution in [-0.2, 0) is 4.79 Å². The Balaban J connectivity index is 1.56. The smallest absolute Gasteiger partial charge is 0.293 e. The normalized spacial score (nSPS) is 15.3. The first-order valence-corrected chi connectivity index (χ1v) is 9.35. The highest BCUT2D eigenvalue weighted by molar-refractivity contribution is 8.18. The molecule has 26 heavy (non-hydrogen) atoms. The van der Waals surface area contributed by atoms with Crippen LogP contribution in [-0.4, -0.2) is 35.0 Å². The van der Waals surface area contributed by atoms with Crippen molar-refractivity contribution in [2.75, 3.05) is 13.1 Å². The Bertz CT molecular complexity index is 912. The molecule has 3 rings (SSSR count). The van der Waals surface area contributed by atoms with Gasteiger partial charge in [-0.1, -0.05) is 6.07 Å². The first kappa shape index (κ1) is 17.9. The van der Waals surface area contributed by atoms with Crippen LogP contribution < -0.4 is 5.32 Å². The number of hydrogen-bond acceptors (Lipinski definition) is 6. The Kier molecular flexibility index (Phi) is 5.51. The third kappa shape index (κ3) is 4.02. The van der Waals surface area contributed by atoms with Crippen LogP contribution >= 0.6 is 23.1 Å². The summed E-state index contributed by atoms with van der Waals surface area (Å²) in [5.41, 5.74) is 0.882. The summed E-state index contributed by atoms with van der Waals surface area (Å²) in [5.74, 6) is -0.670. The minimum absolute atomic E-state index is 0.106. The standard InChI is InChI=1S/C18H13N3O3S2/c19-11-12-3-5-13(6-4-12)16(22)20-7-8-21-17(23)15(26-18(21)24)10-14-2-1-9-25-14/h1-6,9-10H,7-8H2,(H,20,22)/b15-10-. The van der Waals surface area contributed by atoms with E-state index in [0.717, 1.165) is 21.5 Å². The number of benzene rings is 1. The molecule has 0 saturated carbocycles. The number of imide groups is 1. The van der Waals surface area contributed by atoms with Gasteiger partial charge >= 0.3 is 0 Å². The monoisotopic (exact) mass is 383 g/mol. The van der Waals surface area contributed by atoms with Crippen LogP contribution in [0.3, 0.4) is 0 Å². The van der Waals surface area contributed by atoms with E-state index in [2.05, 4.69) is 5.32 Å². The highest BCUT2D eigenvalue weighted by atomic mass is 32.2. The number of thioether (sulfide) groups is 1. The summed E-state index contributed by atoms with van der Waals surface area (Å²) in [6.45, 7) is 0.262. The third-order valence-corrected chi connectivity index (χ3v) is 5.31. The Hall–Kier alpha value is -2.89. The quantitative estimate of drug-likeness (QED) is 0.802. The zero-order valence-corrected chi connectivity index (χ0v) is 15.1. The third-order valence-electron chi connectivity index (χ3n) is 3.59. The molecule has 1 aromatic heterocycles. The van der Waals surface area contributed by atoms with Gasteiger partial charge in [0.15, 0.2) is 0 Å². The molecule has 1 fully saturated rings. The van der Waals surface area contributed by atoms with Gasteiger partial charge in [-0.05, 0) is 53.5 Å². The number of rotatable bonds is 5. The predicted octanol–water partition coefficient (Wildman–Crippen LogP) is 3.09. The van der Waals surface area contributed by atoms with Crippen molar-refractivity contribution in [2.45, 2.75) is 0 Å². The Morgan fingerprint density at radius 3 is 2.65 bits per heavy atom. The second-order valence-corrected chi connectivity index (χ2v) is 7.27. The molecule has 0 bridgehead atoms. The van der Waals surface area contributed by atoms with E-state index >= 15 is 0 Å². The van der Waals surface area contributed by atoms with Gasteiger partial charge in [-0.15, -0.1) is 11.3 Å². The molecule has 1 saturated heterocycles. The van der Waals surface area contributed by atoms with E-state index in [9.17, 15) is 14.4 Å². The van der Waals surface area contributed by atoms with Gasteiger partial charge in [0.1, 0.15) is 0 Å². The van der Waals surface area contributed by atoms with Crippen LogP contribution in [0.1, 0.15) is 20.8 Å². The van der Waals surface area contributed by atoms with Crippen LogP contribution in [0.25, 0.3) is 6.08 Å². The van der Waals surface area contributed by atoms with Crippen molar-refractivity contribution >= 4 is 46.2 Å². The number of nitrogens with one attached hydrogen (secondary N) is 1. The fourth-order valence-electron chi connectivity index (χ4n) is 2.27. The summed E-state index contributed by atoms with van der Waals surface area (Å²) in [7, 11) is 0. The number of nitriles is 1. The molecule has 0 radical (unpaired) electrons. The van der Waals surface area contributed by atoms with Gasteiger partial charge in [-0.2, -0.15) is 5.26 Å². The maximum Gasteiger partial charge on any atom is 0.293 e. The Labute approximate surface area is 158 Å². The van der Waals surface area contributed by atoms with Crippen LogP contribution in [0.4, 0.5) is 4.79 Å². The topological polar surface area (TPSA) is 90.3 Å². The van der Waals surface area contributed by atoms with Gasteiger partial charge in [-0.25, -0.2) is 0 Å². The maximum atomic E-state index is 12.3. The first-order valence-electron chi connectivity index (χ1n) is 7.66. The van der Waals surface area contributed by atoms with E-state index in [1.165, 1.54) is 11.3 Å². The summed E-state index contributed by atoms with van der Waals surface area (Å²) in [6, 6.07) is 11.9. The molecule has 0 atom stereocenters. The second-order valence-electron chi connectivity index (χ2n) is 5.29. The fraction of sp³-hybridized carbons (Fsp3) is 0.111. The molecule has 1 aliphatic heterocycles. The van der Waals surface area contributed by atoms with Crippen molar-refractivity contribution in [3.05, 3.63) is 62.7 Å². The minimum atomic E-state index is -0.346. The summed E-state index contributed by atoms with van der Waals surface area (Å²) in [4.78, 5) is 38.8. The number of carbonyl (C=O) groups is 3. The molecule has 2 heterocycles. The molecule has 130 valence electrons. The molecule has 6 nitrogen and oxygen atoms in total. The first-order chi connectivity index (χ1) is 12.6. The summed E-state index contributed by atoms with van der Waals surface area (Å²) < 4.78 is 0. The SMILES string of the molecule is N#Cc1ccc(C(=O)NCCN2C(=O)S/C(=C\c3cccs3)C2=O)cc1. The van der Waals surface area contributed by atoms with E-state index < -0.39 is 0 Å². The van der Waals surface area contributed by atoms with Crippen LogP contribution in [0.15, 0.2) is 46.7 Å². The number of thiophene rings is 1. The van der Waals surface area contributed by atoms with Crippen molar-refractivity contribution in [3.8, 4) is 6.07 Å². The molecule has 0 unspecified atom stereocenters. The van der Waals surface area contributed by atoms with Crippen LogP contribution in [0.2, 0.25) is 0 Å². The number of carbonyl (C=O) groups excluding carboxylic acids is 3. The lowest BCUT2D eigenvalue weighted by Gasteiger charge is -2.13. The lowest BCUT2D eigenvalue weighted by atomic mass is 10.1. The highest BCUT2D eigenvalue weighted by Crippen LogP contribution is 2.32. The lowest BCUT2D eigenvalue weighted by molar-refractivity contribution is -0.122. The van der Waals surface area contributed by atoms with Gasteiger partial charge in [0.05, 0.1) is 16.5 Å². The molecule has 3 amide bonds. The molecule has 1 aliphatic rings. The molecule has 2 aromatic rings. The summed E-state index contributed by atoms with van der Waals surface area (Å²) >= 11 is 2.39. The van der Waals surface area contributed by atoms with Crippen molar-refractivity contribution in [2.24, 2.45) is 0 Å². The molecule has 0 aliphatic carbocycles. The zero-order chi connectivity index (χ0) is 18.5. The molecule has 0 spiro atoms. The minimum Gasteiger partial charge on any atom is -0.350 e. The fourth-order valence-corrected chi connectivity index (χ4v) is 3.86. The number of nitrogens with zero attached hydrogens (tertiary/aromatic N) is 2. The van der Waals surface area contributed by atoms with E-state index in [1.54, 1.807) is 30.3 Å². The van der Waals surface area contributed by atoms with E-state index in [1.807, 2.05) is 23.6 Å². The Morgan fingerprint density at radius 2 is 2.00 bits per heavy atom. The van der Waals surface area contributed by atoms with Crippen molar-refractivity contribution in [1.82, 2.24) is 10.2 Å². The molecule has 1 aromatic carbocycles. The predicted molar refractivity (Wildman–Crippen MR) is 100 cm³/mol. The van der Waals surface area contributed by atoms with Gasteiger partial charge in [-0.3, -0.25) is 19.3 Å². The van der Waals surface area contributed by atoms with Gasteiger partial charge in [0.25, 0.3) is 17.1 Å². The average Bonchev–Trinajstić information content (AvgIpc) is 3.25. The van der Waals surface area contributed by atoms with Crippen LogP contribution in [0, 0.1) is 11.3 Å². The number of hydrogen-bond donors (Lipinski definition) is 1. The number of amides is 3. The van der Waals surface area contributed by atoms with Gasteiger partial charge in [0, 0.05) is 23.5 Å². The van der Waals surface area contributed by atoms with Crippen molar-refractivity contribution in [1.29, 1.82) is 5.26 Å². The second kappa shape index (κ2) is 7.99. The maximum absolute atomic E-state index is 12.3. The van der Waals surface area contributed by atoms with Crippen molar-refractivity contribution < 1.29 is 14.4 Å². The summed E-state index contributed by atoms with van der Waals surface area (Å²) in [5, 5.41) is 13.0. The Morgan fingerprint density at radius 1 is 1.23 bits per heavy atom. The van der Waals surface area contributed by atoms with Crippen LogP contribution in [0.5, 0.6) is 0 Å². The van der Waals surface area contributed by atoms with E-state index in [0.29, 0.717) is 16.0 Å². The molecular weight excluding hydrogens is 370 g/mol. The van der Waals surface area contributed by atoms with E-state index in [4.69, 9.17) is 5.26 Å². The lowest BCUT2D eigenvalue weighted by Crippen LogP contribution is -2.37. The van der Waals surface area contributed by atoms with Gasteiger partial charge in [0.2, 0.25) is 0 Å². The van der Waals surface area contributed by atoms with Gasteiger partial charge < -0.3 is 5.32 Å². The van der Waals surface area contributed by atoms with E-state index in [-0.39, 0.29) is 30.1 Å². The molecular formula is C18H13N3O3S2. The molecule has 1 N–H and O–H groups in total. The van der Waals surface area contributed by atoms with Crippen molar-refractivity contribution in [3.63, 3.8) is 0 Å². The summed E-state index contributed by atoms with van der Waals surface area (Å²) in [6.07, 6.45) is 1.70. The average molecular weight is 383 g/mol. The molecule has 8 heteroatoms.